The van der Waals surface area contributed by atoms with Gasteiger partial charge in [-0.05, 0) is 0 Å². The van der Waals surface area contributed by atoms with Crippen molar-refractivity contribution < 1.29 is 14.3 Å². The molecule has 1 fully saturated rings. The molecule has 1 N–H and O–H groups in total. The topological polar surface area (TPSA) is 55.4 Å². The van der Waals surface area contributed by atoms with E-state index in [2.05, 4.69) is 10.1 Å². The summed E-state index contributed by atoms with van der Waals surface area (Å²) in [6.07, 6.45) is 0.174. The van der Waals surface area contributed by atoms with E-state index in [0.29, 0.717) is 6.54 Å². The summed E-state index contributed by atoms with van der Waals surface area (Å²) in [5.41, 5.74) is 0. The first kappa shape index (κ1) is 9.38. The molecule has 1 atom stereocenters. The van der Waals surface area contributed by atoms with Crippen LogP contribution in [0.25, 0.3) is 0 Å². The lowest BCUT2D eigenvalue weighted by Gasteiger charge is -2.19. The first-order chi connectivity index (χ1) is 5.74. The third-order valence-corrected chi connectivity index (χ3v) is 2.82. The standard InChI is InChI=1S/C7H11NO3S/c1-11-6(9)4-5-7(10)8-2-3-12-5/h5H,2-4H2,1H3,(H,8,10)/t5-/m1/s1. The van der Waals surface area contributed by atoms with Crippen molar-refractivity contribution in [2.45, 2.75) is 11.7 Å². The van der Waals surface area contributed by atoms with E-state index in [-0.39, 0.29) is 23.5 Å². The van der Waals surface area contributed by atoms with E-state index in [0.717, 1.165) is 5.75 Å². The maximum atomic E-state index is 11.1. The van der Waals surface area contributed by atoms with Crippen LogP contribution < -0.4 is 5.32 Å². The number of amides is 1. The number of carbonyl (C=O) groups excluding carboxylic acids is 2. The fraction of sp³-hybridized carbons (Fsp3) is 0.714. The smallest absolute Gasteiger partial charge is 0.307 e. The minimum Gasteiger partial charge on any atom is -0.469 e. The van der Waals surface area contributed by atoms with Gasteiger partial charge in [0.25, 0.3) is 0 Å². The van der Waals surface area contributed by atoms with E-state index >= 15 is 0 Å². The quantitative estimate of drug-likeness (QED) is 0.610. The number of methoxy groups -OCH3 is 1. The van der Waals surface area contributed by atoms with Crippen LogP contribution in [0, 0.1) is 0 Å². The highest BCUT2D eigenvalue weighted by atomic mass is 32.2. The average molecular weight is 189 g/mol. The third kappa shape index (κ3) is 2.41. The largest absolute Gasteiger partial charge is 0.469 e. The van der Waals surface area contributed by atoms with Gasteiger partial charge < -0.3 is 10.1 Å². The van der Waals surface area contributed by atoms with Gasteiger partial charge in [-0.2, -0.15) is 0 Å². The number of rotatable bonds is 2. The summed E-state index contributed by atoms with van der Waals surface area (Å²) >= 11 is 1.50. The maximum absolute atomic E-state index is 11.1. The van der Waals surface area contributed by atoms with Crippen LogP contribution in [0.3, 0.4) is 0 Å². The van der Waals surface area contributed by atoms with E-state index in [4.69, 9.17) is 0 Å². The first-order valence-corrected chi connectivity index (χ1v) is 4.75. The zero-order chi connectivity index (χ0) is 8.97. The second kappa shape index (κ2) is 4.35. The molecule has 0 aromatic carbocycles. The number of esters is 1. The molecule has 12 heavy (non-hydrogen) atoms. The van der Waals surface area contributed by atoms with Crippen molar-refractivity contribution in [3.05, 3.63) is 0 Å². The normalized spacial score (nSPS) is 23.1. The molecule has 0 aliphatic carbocycles. The van der Waals surface area contributed by atoms with Crippen molar-refractivity contribution in [2.75, 3.05) is 19.4 Å². The molecule has 0 aromatic heterocycles. The monoisotopic (exact) mass is 189 g/mol. The van der Waals surface area contributed by atoms with Gasteiger partial charge in [0.05, 0.1) is 18.8 Å². The molecule has 1 amide bonds. The van der Waals surface area contributed by atoms with E-state index in [1.54, 1.807) is 0 Å². The van der Waals surface area contributed by atoms with Crippen LogP contribution in [0.4, 0.5) is 0 Å². The fourth-order valence-corrected chi connectivity index (χ4v) is 1.94. The summed E-state index contributed by atoms with van der Waals surface area (Å²) in [5.74, 6) is 0.481. The Balaban J connectivity index is 2.39. The second-order valence-electron chi connectivity index (χ2n) is 2.43. The highest BCUT2D eigenvalue weighted by Gasteiger charge is 2.25. The molecular weight excluding hydrogens is 178 g/mol. The van der Waals surface area contributed by atoms with Crippen LogP contribution in [0.1, 0.15) is 6.42 Å². The van der Waals surface area contributed by atoms with Crippen LogP contribution in [0.15, 0.2) is 0 Å². The van der Waals surface area contributed by atoms with E-state index < -0.39 is 0 Å². The number of hydrogen-bond donors (Lipinski definition) is 1. The predicted octanol–water partition coefficient (Wildman–Crippen LogP) is -0.219. The Morgan fingerprint density at radius 1 is 1.83 bits per heavy atom. The minimum absolute atomic E-state index is 0.0587. The van der Waals surface area contributed by atoms with Crippen LogP contribution in [0.5, 0.6) is 0 Å². The molecule has 4 nitrogen and oxygen atoms in total. The maximum Gasteiger partial charge on any atom is 0.307 e. The summed E-state index contributed by atoms with van der Waals surface area (Å²) in [7, 11) is 1.33. The van der Waals surface area contributed by atoms with Crippen molar-refractivity contribution in [1.29, 1.82) is 0 Å². The molecule has 0 aromatic rings. The average Bonchev–Trinajstić information content (AvgIpc) is 2.09. The number of thioether (sulfide) groups is 1. The Labute approximate surface area is 75.0 Å². The molecule has 0 unspecified atom stereocenters. The SMILES string of the molecule is COC(=O)C[C@H]1SCCNC1=O. The lowest BCUT2D eigenvalue weighted by atomic mass is 10.3. The minimum atomic E-state index is -0.329. The molecular formula is C7H11NO3S. The fourth-order valence-electron chi connectivity index (χ4n) is 0.951. The van der Waals surface area contributed by atoms with Crippen LogP contribution in [0.2, 0.25) is 0 Å². The molecule has 0 bridgehead atoms. The van der Waals surface area contributed by atoms with Gasteiger partial charge >= 0.3 is 5.97 Å². The second-order valence-corrected chi connectivity index (χ2v) is 3.74. The summed E-state index contributed by atoms with van der Waals surface area (Å²) in [4.78, 5) is 21.9. The third-order valence-electron chi connectivity index (χ3n) is 1.59. The zero-order valence-corrected chi connectivity index (χ0v) is 7.65. The highest BCUT2D eigenvalue weighted by molar-refractivity contribution is 8.00. The van der Waals surface area contributed by atoms with Gasteiger partial charge in [-0.15, -0.1) is 11.8 Å². The van der Waals surface area contributed by atoms with E-state index in [9.17, 15) is 9.59 Å². The van der Waals surface area contributed by atoms with Gasteiger partial charge in [-0.25, -0.2) is 0 Å². The van der Waals surface area contributed by atoms with Crippen molar-refractivity contribution >= 4 is 23.6 Å². The van der Waals surface area contributed by atoms with Crippen LogP contribution >= 0.6 is 11.8 Å². The molecule has 0 saturated carbocycles. The summed E-state index contributed by atoms with van der Waals surface area (Å²) in [6.45, 7) is 0.696. The Morgan fingerprint density at radius 3 is 3.17 bits per heavy atom. The molecule has 1 rings (SSSR count). The molecule has 68 valence electrons. The van der Waals surface area contributed by atoms with Crippen LogP contribution in [-0.2, 0) is 14.3 Å². The lowest BCUT2D eigenvalue weighted by Crippen LogP contribution is -2.40. The van der Waals surface area contributed by atoms with Gasteiger partial charge in [0.1, 0.15) is 0 Å². The Kier molecular flexibility index (Phi) is 3.40. The number of hydrogen-bond acceptors (Lipinski definition) is 4. The summed E-state index contributed by atoms with van der Waals surface area (Å²) in [6, 6.07) is 0. The molecule has 1 aliphatic heterocycles. The van der Waals surface area contributed by atoms with Crippen molar-refractivity contribution in [3.63, 3.8) is 0 Å². The van der Waals surface area contributed by atoms with Gasteiger partial charge in [-0.1, -0.05) is 0 Å². The number of nitrogens with one attached hydrogen (secondary N) is 1. The molecule has 5 heteroatoms. The van der Waals surface area contributed by atoms with Gasteiger partial charge in [0, 0.05) is 12.3 Å². The summed E-state index contributed by atoms with van der Waals surface area (Å²) < 4.78 is 4.47. The molecule has 0 radical (unpaired) electrons. The zero-order valence-electron chi connectivity index (χ0n) is 6.83. The van der Waals surface area contributed by atoms with Crippen molar-refractivity contribution in [1.82, 2.24) is 5.32 Å². The van der Waals surface area contributed by atoms with Gasteiger partial charge in [-0.3, -0.25) is 9.59 Å². The molecule has 1 heterocycles. The van der Waals surface area contributed by atoms with E-state index in [1.165, 1.54) is 18.9 Å². The molecule has 0 spiro atoms. The number of ether oxygens (including phenoxy) is 1. The van der Waals surface area contributed by atoms with Crippen LogP contribution in [-0.4, -0.2) is 36.5 Å². The summed E-state index contributed by atoms with van der Waals surface area (Å²) in [5, 5.41) is 2.44. The Hall–Kier alpha value is -0.710. The van der Waals surface area contributed by atoms with Crippen molar-refractivity contribution in [2.24, 2.45) is 0 Å². The highest BCUT2D eigenvalue weighted by Crippen LogP contribution is 2.17. The predicted molar refractivity (Wildman–Crippen MR) is 45.9 cm³/mol. The first-order valence-electron chi connectivity index (χ1n) is 3.70. The lowest BCUT2D eigenvalue weighted by molar-refractivity contribution is -0.141. The Morgan fingerprint density at radius 2 is 2.58 bits per heavy atom. The van der Waals surface area contributed by atoms with Crippen molar-refractivity contribution in [3.8, 4) is 0 Å². The van der Waals surface area contributed by atoms with E-state index in [1.807, 2.05) is 0 Å². The van der Waals surface area contributed by atoms with Gasteiger partial charge in [0.15, 0.2) is 0 Å². The molecule has 1 aliphatic rings. The number of carbonyl (C=O) groups is 2. The Bertz CT molecular complexity index is 195. The molecule has 1 saturated heterocycles. The van der Waals surface area contributed by atoms with Gasteiger partial charge in [0.2, 0.25) is 5.91 Å².